The number of hydrogen-bond acceptors (Lipinski definition) is 5. The summed E-state index contributed by atoms with van der Waals surface area (Å²) in [5.74, 6) is 0.668. The van der Waals surface area contributed by atoms with Gasteiger partial charge in [-0.05, 0) is 36.4 Å². The molecular formula is C17H19ClN2O3S. The highest BCUT2D eigenvalue weighted by atomic mass is 35.5. The Bertz CT molecular complexity index is 833. The van der Waals surface area contributed by atoms with E-state index in [0.29, 0.717) is 10.8 Å². The maximum atomic E-state index is 12.9. The van der Waals surface area contributed by atoms with Crippen molar-refractivity contribution in [3.63, 3.8) is 0 Å². The summed E-state index contributed by atoms with van der Waals surface area (Å²) in [5.41, 5.74) is 0.794. The normalized spacial score (nSPS) is 15.3. The van der Waals surface area contributed by atoms with Gasteiger partial charge in [-0.3, -0.25) is 0 Å². The molecular weight excluding hydrogens is 348 g/mol. The molecule has 0 bridgehead atoms. The first kappa shape index (κ1) is 17.1. The monoisotopic (exact) mass is 366 g/mol. The van der Waals surface area contributed by atoms with E-state index in [9.17, 15) is 8.42 Å². The van der Waals surface area contributed by atoms with Gasteiger partial charge in [-0.25, -0.2) is 8.42 Å². The van der Waals surface area contributed by atoms with E-state index in [4.69, 9.17) is 16.3 Å². The van der Waals surface area contributed by atoms with E-state index in [1.165, 1.54) is 6.07 Å². The highest BCUT2D eigenvalue weighted by molar-refractivity contribution is 7.91. The molecule has 3 rings (SSSR count). The molecule has 128 valence electrons. The molecule has 0 aliphatic carbocycles. The number of methoxy groups -OCH3 is 1. The molecule has 1 aliphatic heterocycles. The molecule has 0 amide bonds. The van der Waals surface area contributed by atoms with Gasteiger partial charge in [0.1, 0.15) is 5.75 Å². The molecule has 2 aromatic carbocycles. The summed E-state index contributed by atoms with van der Waals surface area (Å²) in [6.07, 6.45) is 0. The van der Waals surface area contributed by atoms with E-state index in [2.05, 4.69) is 10.2 Å². The number of anilines is 1. The van der Waals surface area contributed by atoms with Crippen LogP contribution in [0.3, 0.4) is 0 Å². The number of nitrogens with one attached hydrogen (secondary N) is 1. The molecule has 1 heterocycles. The molecule has 7 heteroatoms. The molecule has 1 saturated heterocycles. The van der Waals surface area contributed by atoms with Crippen LogP contribution in [-0.2, 0) is 9.84 Å². The second-order valence-corrected chi connectivity index (χ2v) is 7.92. The summed E-state index contributed by atoms with van der Waals surface area (Å²) in [6, 6.07) is 11.3. The van der Waals surface area contributed by atoms with Crippen molar-refractivity contribution in [1.29, 1.82) is 0 Å². The lowest BCUT2D eigenvalue weighted by Crippen LogP contribution is -2.43. The highest BCUT2D eigenvalue weighted by Gasteiger charge is 2.22. The van der Waals surface area contributed by atoms with Gasteiger partial charge < -0.3 is 15.0 Å². The van der Waals surface area contributed by atoms with Gasteiger partial charge in [-0.1, -0.05) is 17.7 Å². The van der Waals surface area contributed by atoms with Crippen LogP contribution in [0.1, 0.15) is 0 Å². The van der Waals surface area contributed by atoms with E-state index in [1.54, 1.807) is 43.5 Å². The summed E-state index contributed by atoms with van der Waals surface area (Å²) >= 11 is 5.94. The Morgan fingerprint density at radius 3 is 2.46 bits per heavy atom. The first-order chi connectivity index (χ1) is 11.5. The van der Waals surface area contributed by atoms with Crippen molar-refractivity contribution < 1.29 is 13.2 Å². The summed E-state index contributed by atoms with van der Waals surface area (Å²) < 4.78 is 31.2. The van der Waals surface area contributed by atoms with Crippen LogP contribution in [0, 0.1) is 0 Å². The maximum Gasteiger partial charge on any atom is 0.206 e. The minimum atomic E-state index is -3.63. The van der Waals surface area contributed by atoms with Crippen LogP contribution in [0.25, 0.3) is 0 Å². The third-order valence-corrected chi connectivity index (χ3v) is 6.01. The lowest BCUT2D eigenvalue weighted by atomic mass is 10.2. The van der Waals surface area contributed by atoms with Crippen LogP contribution >= 0.6 is 11.6 Å². The molecule has 2 aromatic rings. The van der Waals surface area contributed by atoms with Crippen LogP contribution < -0.4 is 15.0 Å². The highest BCUT2D eigenvalue weighted by Crippen LogP contribution is 2.33. The van der Waals surface area contributed by atoms with Gasteiger partial charge in [-0.15, -0.1) is 0 Å². The number of benzene rings is 2. The number of hydrogen-bond donors (Lipinski definition) is 1. The van der Waals surface area contributed by atoms with Crippen molar-refractivity contribution in [2.75, 3.05) is 38.2 Å². The van der Waals surface area contributed by atoms with E-state index in [0.717, 1.165) is 31.9 Å². The van der Waals surface area contributed by atoms with Gasteiger partial charge in [0, 0.05) is 31.2 Å². The van der Waals surface area contributed by atoms with Crippen molar-refractivity contribution >= 4 is 27.1 Å². The fourth-order valence-electron chi connectivity index (χ4n) is 2.76. The van der Waals surface area contributed by atoms with Crippen molar-refractivity contribution in [2.45, 2.75) is 9.79 Å². The van der Waals surface area contributed by atoms with Crippen molar-refractivity contribution in [3.8, 4) is 5.75 Å². The zero-order chi connectivity index (χ0) is 17.2. The molecule has 0 spiro atoms. The summed E-state index contributed by atoms with van der Waals surface area (Å²) in [5, 5.41) is 3.68. The molecule has 0 aromatic heterocycles. The zero-order valence-corrected chi connectivity index (χ0v) is 14.9. The second kappa shape index (κ2) is 7.01. The quantitative estimate of drug-likeness (QED) is 0.901. The molecule has 0 unspecified atom stereocenters. The number of nitrogens with zero attached hydrogens (tertiary/aromatic N) is 1. The molecule has 24 heavy (non-hydrogen) atoms. The Morgan fingerprint density at radius 1 is 1.08 bits per heavy atom. The molecule has 0 atom stereocenters. The first-order valence-corrected chi connectivity index (χ1v) is 9.53. The Balaban J connectivity index is 2.05. The lowest BCUT2D eigenvalue weighted by molar-refractivity contribution is 0.412. The van der Waals surface area contributed by atoms with E-state index < -0.39 is 9.84 Å². The average Bonchev–Trinajstić information content (AvgIpc) is 2.62. The zero-order valence-electron chi connectivity index (χ0n) is 13.3. The van der Waals surface area contributed by atoms with E-state index in [-0.39, 0.29) is 9.79 Å². The molecule has 1 N–H and O–H groups in total. The van der Waals surface area contributed by atoms with Crippen LogP contribution in [-0.4, -0.2) is 41.7 Å². The second-order valence-electron chi connectivity index (χ2n) is 5.53. The van der Waals surface area contributed by atoms with Gasteiger partial charge in [0.05, 0.1) is 22.6 Å². The van der Waals surface area contributed by atoms with Crippen molar-refractivity contribution in [3.05, 3.63) is 47.5 Å². The fourth-order valence-corrected chi connectivity index (χ4v) is 4.34. The van der Waals surface area contributed by atoms with Crippen LogP contribution in [0.2, 0.25) is 5.02 Å². The van der Waals surface area contributed by atoms with E-state index in [1.807, 2.05) is 0 Å². The average molecular weight is 367 g/mol. The maximum absolute atomic E-state index is 12.9. The minimum Gasteiger partial charge on any atom is -0.495 e. The van der Waals surface area contributed by atoms with E-state index >= 15 is 0 Å². The molecule has 0 saturated carbocycles. The van der Waals surface area contributed by atoms with Crippen molar-refractivity contribution in [1.82, 2.24) is 5.32 Å². The predicted octanol–water partition coefficient (Wildman–Crippen LogP) is 2.59. The Hall–Kier alpha value is -1.76. The lowest BCUT2D eigenvalue weighted by Gasteiger charge is -2.30. The number of ether oxygens (including phenoxy) is 1. The molecule has 0 radical (unpaired) electrons. The Kier molecular flexibility index (Phi) is 4.99. The van der Waals surface area contributed by atoms with Gasteiger partial charge >= 0.3 is 0 Å². The third-order valence-electron chi connectivity index (χ3n) is 4.02. The largest absolute Gasteiger partial charge is 0.495 e. The number of piperazine rings is 1. The molecule has 1 fully saturated rings. The van der Waals surface area contributed by atoms with Gasteiger partial charge in [0.2, 0.25) is 9.84 Å². The molecule has 5 nitrogen and oxygen atoms in total. The predicted molar refractivity (Wildman–Crippen MR) is 95.0 cm³/mol. The summed E-state index contributed by atoms with van der Waals surface area (Å²) in [7, 11) is -2.04. The summed E-state index contributed by atoms with van der Waals surface area (Å²) in [6.45, 7) is 3.32. The third kappa shape index (κ3) is 3.36. The minimum absolute atomic E-state index is 0.187. The standard InChI is InChI=1S/C17H19ClN2O3S/c1-23-17-6-5-15(12-16(17)20-9-7-19-8-10-20)24(21,22)14-4-2-3-13(18)11-14/h2-6,11-12,19H,7-10H2,1H3. The van der Waals surface area contributed by atoms with Gasteiger partial charge in [0.25, 0.3) is 0 Å². The number of halogens is 1. The Morgan fingerprint density at radius 2 is 1.79 bits per heavy atom. The van der Waals surface area contributed by atoms with Crippen LogP contribution in [0.4, 0.5) is 5.69 Å². The molecule has 1 aliphatic rings. The van der Waals surface area contributed by atoms with Gasteiger partial charge in [0.15, 0.2) is 0 Å². The topological polar surface area (TPSA) is 58.6 Å². The first-order valence-electron chi connectivity index (χ1n) is 7.67. The number of rotatable bonds is 4. The SMILES string of the molecule is COc1ccc(S(=O)(=O)c2cccc(Cl)c2)cc1N1CCNCC1. The van der Waals surface area contributed by atoms with Gasteiger partial charge in [-0.2, -0.15) is 0 Å². The van der Waals surface area contributed by atoms with Crippen LogP contribution in [0.5, 0.6) is 5.75 Å². The summed E-state index contributed by atoms with van der Waals surface area (Å²) in [4.78, 5) is 2.55. The smallest absolute Gasteiger partial charge is 0.206 e. The van der Waals surface area contributed by atoms with Crippen LogP contribution in [0.15, 0.2) is 52.3 Å². The Labute approximate surface area is 147 Å². The fraction of sp³-hybridized carbons (Fsp3) is 0.294. The number of sulfone groups is 1. The van der Waals surface area contributed by atoms with Crippen molar-refractivity contribution in [2.24, 2.45) is 0 Å².